The van der Waals surface area contributed by atoms with E-state index in [0.717, 1.165) is 0 Å². The molecule has 3 aliphatic carbocycles. The summed E-state index contributed by atoms with van der Waals surface area (Å²) in [6.45, 7) is 7.29. The molecule has 9 atom stereocenters. The summed E-state index contributed by atoms with van der Waals surface area (Å²) >= 11 is 0. The minimum absolute atomic E-state index is 0.0828. The number of benzene rings is 1. The predicted molar refractivity (Wildman–Crippen MR) is 135 cm³/mol. The first-order valence-electron chi connectivity index (χ1n) is 13.2. The van der Waals surface area contributed by atoms with Crippen molar-refractivity contribution in [3.05, 3.63) is 47.0 Å². The summed E-state index contributed by atoms with van der Waals surface area (Å²) in [4.78, 5) is 40.3. The van der Waals surface area contributed by atoms with E-state index in [-0.39, 0.29) is 30.6 Å². The molecule has 0 aromatic heterocycles. The summed E-state index contributed by atoms with van der Waals surface area (Å²) in [5.74, 6) is -3.60. The van der Waals surface area contributed by atoms with Crippen LogP contribution in [-0.4, -0.2) is 86.5 Å². The Morgan fingerprint density at radius 2 is 1.72 bits per heavy atom. The lowest BCUT2D eigenvalue weighted by atomic mass is 9.44. The van der Waals surface area contributed by atoms with E-state index in [2.05, 4.69) is 0 Å². The van der Waals surface area contributed by atoms with Crippen LogP contribution in [0.2, 0.25) is 0 Å². The first kappa shape index (κ1) is 27.9. The first-order chi connectivity index (χ1) is 18.1. The van der Waals surface area contributed by atoms with Crippen molar-refractivity contribution in [2.75, 3.05) is 6.61 Å². The molecule has 0 amide bonds. The Balaban J connectivity index is 1.81. The molecule has 4 unspecified atom stereocenters. The van der Waals surface area contributed by atoms with Gasteiger partial charge in [0.25, 0.3) is 0 Å². The van der Waals surface area contributed by atoms with Gasteiger partial charge in [-0.3, -0.25) is 9.59 Å². The van der Waals surface area contributed by atoms with Crippen molar-refractivity contribution in [1.29, 1.82) is 0 Å². The molecule has 4 N–H and O–H groups in total. The lowest BCUT2D eigenvalue weighted by molar-refractivity contribution is -0.345. The predicted octanol–water partition coefficient (Wildman–Crippen LogP) is 1.08. The Hall–Kier alpha value is -2.63. The molecule has 0 radical (unpaired) electrons. The van der Waals surface area contributed by atoms with Crippen molar-refractivity contribution >= 4 is 17.7 Å². The van der Waals surface area contributed by atoms with Gasteiger partial charge in [-0.15, -0.1) is 0 Å². The second-order valence-corrected chi connectivity index (χ2v) is 12.2. The van der Waals surface area contributed by atoms with Crippen LogP contribution in [0.1, 0.15) is 57.8 Å². The average molecular weight is 545 g/mol. The van der Waals surface area contributed by atoms with Gasteiger partial charge in [-0.05, 0) is 37.1 Å². The summed E-state index contributed by atoms with van der Waals surface area (Å²) in [5, 5.41) is 46.7. The fourth-order valence-electron chi connectivity index (χ4n) is 7.66. The van der Waals surface area contributed by atoms with E-state index in [1.165, 1.54) is 26.0 Å². The van der Waals surface area contributed by atoms with Gasteiger partial charge in [-0.1, -0.05) is 32.0 Å². The number of esters is 2. The molecule has 1 aromatic carbocycles. The molecule has 10 nitrogen and oxygen atoms in total. The summed E-state index contributed by atoms with van der Waals surface area (Å²) in [5.41, 5.74) is -6.24. The van der Waals surface area contributed by atoms with E-state index in [0.29, 0.717) is 5.57 Å². The number of hydrogen-bond donors (Lipinski definition) is 4. The fourth-order valence-corrected chi connectivity index (χ4v) is 7.66. The number of hydrogen-bond acceptors (Lipinski definition) is 10. The van der Waals surface area contributed by atoms with Gasteiger partial charge < -0.3 is 34.6 Å². The minimum Gasteiger partial charge on any atom is -0.455 e. The summed E-state index contributed by atoms with van der Waals surface area (Å²) in [7, 11) is 0. The molecule has 3 fully saturated rings. The molecule has 1 heterocycles. The van der Waals surface area contributed by atoms with Crippen molar-refractivity contribution in [2.45, 2.75) is 89.2 Å². The molecule has 2 bridgehead atoms. The van der Waals surface area contributed by atoms with Crippen LogP contribution in [0.4, 0.5) is 0 Å². The van der Waals surface area contributed by atoms with Crippen molar-refractivity contribution < 1.29 is 49.0 Å². The van der Waals surface area contributed by atoms with E-state index in [4.69, 9.17) is 14.2 Å². The second-order valence-electron chi connectivity index (χ2n) is 12.2. The highest BCUT2D eigenvalue weighted by Crippen LogP contribution is 2.63. The average Bonchev–Trinajstić information content (AvgIpc) is 2.87. The Labute approximate surface area is 226 Å². The monoisotopic (exact) mass is 544 g/mol. The zero-order valence-electron chi connectivity index (χ0n) is 22.7. The van der Waals surface area contributed by atoms with Gasteiger partial charge in [0.05, 0.1) is 35.7 Å². The number of ketones is 1. The van der Waals surface area contributed by atoms with Gasteiger partial charge >= 0.3 is 11.9 Å². The molecule has 5 rings (SSSR count). The molecule has 39 heavy (non-hydrogen) atoms. The van der Waals surface area contributed by atoms with Crippen molar-refractivity contribution in [3.8, 4) is 0 Å². The Morgan fingerprint density at radius 3 is 2.28 bits per heavy atom. The van der Waals surface area contributed by atoms with Crippen LogP contribution in [-0.2, 0) is 23.8 Å². The third kappa shape index (κ3) is 3.62. The van der Waals surface area contributed by atoms with Gasteiger partial charge in [-0.2, -0.15) is 0 Å². The molecule has 0 spiro atoms. The zero-order valence-corrected chi connectivity index (χ0v) is 22.7. The third-order valence-corrected chi connectivity index (χ3v) is 9.95. The number of rotatable bonds is 3. The molecular weight excluding hydrogens is 508 g/mol. The molecule has 4 aliphatic rings. The SMILES string of the molecule is CC(=O)O[C@@]12CO[C@@H]1CC(O)[C@@]1(C)C(=O)[C@@H](O)C3=C(C)C(O)C[C@@](O)(C(OC(=O)c4ccccc4)C12)C3(C)C. The number of ether oxygens (including phenoxy) is 3. The van der Waals surface area contributed by atoms with Crippen LogP contribution in [0.5, 0.6) is 0 Å². The molecule has 10 heteroatoms. The zero-order chi connectivity index (χ0) is 28.7. The molecule has 1 aliphatic heterocycles. The van der Waals surface area contributed by atoms with Crippen LogP contribution < -0.4 is 0 Å². The molecule has 1 aromatic rings. The fraction of sp³-hybridized carbons (Fsp3) is 0.621. The number of carbonyl (C=O) groups excluding carboxylic acids is 3. The van der Waals surface area contributed by atoms with Crippen LogP contribution >= 0.6 is 0 Å². The van der Waals surface area contributed by atoms with E-state index in [9.17, 15) is 34.8 Å². The third-order valence-electron chi connectivity index (χ3n) is 9.95. The first-order valence-corrected chi connectivity index (χ1v) is 13.2. The van der Waals surface area contributed by atoms with E-state index in [1.807, 2.05) is 0 Å². The molecule has 1 saturated heterocycles. The number of carbonyl (C=O) groups is 3. The smallest absolute Gasteiger partial charge is 0.338 e. The molecule has 212 valence electrons. The van der Waals surface area contributed by atoms with Crippen LogP contribution in [0.3, 0.4) is 0 Å². The molecular formula is C29H36O10. The van der Waals surface area contributed by atoms with Crippen LogP contribution in [0, 0.1) is 16.7 Å². The minimum atomic E-state index is -2.07. The maximum Gasteiger partial charge on any atom is 0.338 e. The van der Waals surface area contributed by atoms with Crippen molar-refractivity contribution in [2.24, 2.45) is 16.7 Å². The Morgan fingerprint density at radius 1 is 1.08 bits per heavy atom. The number of Topliss-reactive ketones (excluding diaryl/α,β-unsaturated/α-hetero) is 1. The lowest BCUT2D eigenvalue weighted by Crippen LogP contribution is -2.81. The van der Waals surface area contributed by atoms with Gasteiger partial charge in [0, 0.05) is 25.2 Å². The largest absolute Gasteiger partial charge is 0.455 e. The Bertz CT molecular complexity index is 1240. The van der Waals surface area contributed by atoms with Crippen LogP contribution in [0.15, 0.2) is 41.5 Å². The van der Waals surface area contributed by atoms with Crippen LogP contribution in [0.25, 0.3) is 0 Å². The van der Waals surface area contributed by atoms with E-state index >= 15 is 0 Å². The topological polar surface area (TPSA) is 160 Å². The highest BCUT2D eigenvalue weighted by atomic mass is 16.6. The lowest BCUT2D eigenvalue weighted by Gasteiger charge is -2.67. The number of aliphatic hydroxyl groups excluding tert-OH is 3. The highest BCUT2D eigenvalue weighted by molar-refractivity contribution is 5.94. The highest BCUT2D eigenvalue weighted by Gasteiger charge is 2.77. The summed E-state index contributed by atoms with van der Waals surface area (Å²) in [6.07, 6.45) is -7.26. The standard InChI is InChI=1S/C29H36O10/c1-14-17(31)12-29(36)24(38-25(35)16-9-7-6-8-10-16)22-27(5,23(34)21(33)20(14)26(29,3)4)18(32)11-19-28(22,13-37-19)39-15(2)30/h6-10,17-19,21-22,24,31-33,36H,11-13H2,1-5H3/t17?,18?,19-,21+,22?,24?,27-,28+,29-/m1/s1. The molecule has 2 saturated carbocycles. The number of aliphatic hydroxyl groups is 4. The Kier molecular flexibility index (Phi) is 6.40. The van der Waals surface area contributed by atoms with Gasteiger partial charge in [0.2, 0.25) is 0 Å². The quantitative estimate of drug-likeness (QED) is 0.320. The normalized spacial score (nSPS) is 42.7. The van der Waals surface area contributed by atoms with Crippen molar-refractivity contribution in [1.82, 2.24) is 0 Å². The van der Waals surface area contributed by atoms with Gasteiger partial charge in [-0.25, -0.2) is 4.79 Å². The van der Waals surface area contributed by atoms with E-state index < -0.39 is 76.2 Å². The maximum atomic E-state index is 14.3. The maximum absolute atomic E-state index is 14.3. The summed E-state index contributed by atoms with van der Waals surface area (Å²) in [6, 6.07) is 8.08. The van der Waals surface area contributed by atoms with E-state index in [1.54, 1.807) is 39.0 Å². The van der Waals surface area contributed by atoms with Crippen molar-refractivity contribution in [3.63, 3.8) is 0 Å². The summed E-state index contributed by atoms with van der Waals surface area (Å²) < 4.78 is 17.7. The second kappa shape index (κ2) is 8.94. The number of fused-ring (bicyclic) bond motifs is 5. The van der Waals surface area contributed by atoms with Gasteiger partial charge in [0.15, 0.2) is 11.4 Å². The van der Waals surface area contributed by atoms with Gasteiger partial charge in [0.1, 0.15) is 23.9 Å².